The lowest BCUT2D eigenvalue weighted by Gasteiger charge is -2.31. The highest BCUT2D eigenvalue weighted by molar-refractivity contribution is 5.98. The van der Waals surface area contributed by atoms with Crippen molar-refractivity contribution in [2.24, 2.45) is 5.41 Å². The van der Waals surface area contributed by atoms with Gasteiger partial charge in [-0.25, -0.2) is 0 Å². The van der Waals surface area contributed by atoms with Crippen LogP contribution in [0, 0.1) is 5.41 Å². The molecule has 0 aliphatic carbocycles. The van der Waals surface area contributed by atoms with Crippen molar-refractivity contribution in [3.05, 3.63) is 29.8 Å². The average molecular weight is 288 g/mol. The average Bonchev–Trinajstić information content (AvgIpc) is 2.67. The number of benzene rings is 1. The first-order valence-corrected chi connectivity index (χ1v) is 8.15. The van der Waals surface area contributed by atoms with E-state index >= 15 is 0 Å². The van der Waals surface area contributed by atoms with Crippen LogP contribution in [0.25, 0.3) is 0 Å². The fourth-order valence-electron chi connectivity index (χ4n) is 2.94. The van der Waals surface area contributed by atoms with E-state index < -0.39 is 0 Å². The predicted octanol–water partition coefficient (Wildman–Crippen LogP) is 3.90. The van der Waals surface area contributed by atoms with Crippen LogP contribution < -0.4 is 10.2 Å². The summed E-state index contributed by atoms with van der Waals surface area (Å²) < 4.78 is 0. The summed E-state index contributed by atoms with van der Waals surface area (Å²) in [7, 11) is 0. The predicted molar refractivity (Wildman–Crippen MR) is 88.5 cm³/mol. The molecule has 116 valence electrons. The van der Waals surface area contributed by atoms with E-state index in [1.165, 1.54) is 5.56 Å². The molecule has 1 aromatic carbocycles. The molecule has 0 saturated heterocycles. The Labute approximate surface area is 128 Å². The van der Waals surface area contributed by atoms with Crippen LogP contribution in [-0.2, 0) is 4.79 Å². The molecule has 0 fully saturated rings. The number of fused-ring (bicyclic) bond motifs is 1. The summed E-state index contributed by atoms with van der Waals surface area (Å²) in [6.07, 6.45) is 2.99. The molecule has 3 nitrogen and oxygen atoms in total. The highest BCUT2D eigenvalue weighted by Gasteiger charge is 2.33. The second kappa shape index (κ2) is 6.61. The Morgan fingerprint density at radius 2 is 2.05 bits per heavy atom. The molecule has 0 bridgehead atoms. The maximum absolute atomic E-state index is 12.9. The summed E-state index contributed by atoms with van der Waals surface area (Å²) in [6.45, 7) is 10.1. The second-order valence-electron chi connectivity index (χ2n) is 6.51. The summed E-state index contributed by atoms with van der Waals surface area (Å²) in [5.74, 6) is 0.245. The Kier molecular flexibility index (Phi) is 5.04. The van der Waals surface area contributed by atoms with Crippen LogP contribution in [0.4, 0.5) is 5.69 Å². The molecule has 0 aromatic heterocycles. The van der Waals surface area contributed by atoms with Crippen molar-refractivity contribution in [3.63, 3.8) is 0 Å². The Balaban J connectivity index is 2.40. The van der Waals surface area contributed by atoms with Crippen molar-refractivity contribution in [1.29, 1.82) is 0 Å². The number of amides is 1. The normalized spacial score (nSPS) is 19.0. The Morgan fingerprint density at radius 3 is 2.71 bits per heavy atom. The zero-order valence-corrected chi connectivity index (χ0v) is 13.8. The fourth-order valence-corrected chi connectivity index (χ4v) is 2.94. The highest BCUT2D eigenvalue weighted by atomic mass is 16.2. The lowest BCUT2D eigenvalue weighted by molar-refractivity contribution is -0.126. The number of carbonyl (C=O) groups excluding carboxylic acids is 1. The van der Waals surface area contributed by atoms with Gasteiger partial charge in [-0.15, -0.1) is 0 Å². The molecule has 1 aromatic rings. The molecule has 1 aliphatic rings. The molecule has 2 rings (SSSR count). The largest absolute Gasteiger partial charge is 0.312 e. The molecule has 1 unspecified atom stereocenters. The van der Waals surface area contributed by atoms with Gasteiger partial charge < -0.3 is 10.2 Å². The first kappa shape index (κ1) is 16.0. The van der Waals surface area contributed by atoms with Crippen molar-refractivity contribution in [3.8, 4) is 0 Å². The molecule has 1 aliphatic heterocycles. The lowest BCUT2D eigenvalue weighted by Crippen LogP contribution is -2.41. The molecule has 0 saturated carbocycles. The Morgan fingerprint density at radius 1 is 1.33 bits per heavy atom. The number of carbonyl (C=O) groups is 1. The molecule has 3 heteroatoms. The van der Waals surface area contributed by atoms with E-state index in [0.29, 0.717) is 6.04 Å². The van der Waals surface area contributed by atoms with Crippen molar-refractivity contribution in [2.45, 2.75) is 53.0 Å². The molecule has 0 spiro atoms. The number of hydrogen-bond donors (Lipinski definition) is 1. The summed E-state index contributed by atoms with van der Waals surface area (Å²) in [5.41, 5.74) is 2.05. The van der Waals surface area contributed by atoms with E-state index in [4.69, 9.17) is 0 Å². The number of anilines is 1. The molecular weight excluding hydrogens is 260 g/mol. The van der Waals surface area contributed by atoms with E-state index in [1.807, 2.05) is 24.8 Å². The van der Waals surface area contributed by atoms with Crippen LogP contribution in [0.1, 0.15) is 58.6 Å². The zero-order chi connectivity index (χ0) is 15.5. The van der Waals surface area contributed by atoms with Gasteiger partial charge in [0.1, 0.15) is 0 Å². The van der Waals surface area contributed by atoms with Gasteiger partial charge in [0, 0.05) is 23.7 Å². The maximum atomic E-state index is 12.9. The third kappa shape index (κ3) is 3.29. The second-order valence-corrected chi connectivity index (χ2v) is 6.51. The van der Waals surface area contributed by atoms with Crippen LogP contribution >= 0.6 is 0 Å². The van der Waals surface area contributed by atoms with Gasteiger partial charge in [-0.2, -0.15) is 0 Å². The highest BCUT2D eigenvalue weighted by Crippen LogP contribution is 2.35. The summed E-state index contributed by atoms with van der Waals surface area (Å²) >= 11 is 0. The minimum Gasteiger partial charge on any atom is -0.312 e. The van der Waals surface area contributed by atoms with E-state index in [-0.39, 0.29) is 11.3 Å². The third-order valence-corrected chi connectivity index (χ3v) is 4.64. The van der Waals surface area contributed by atoms with Crippen LogP contribution in [0.2, 0.25) is 0 Å². The molecule has 1 atom stereocenters. The van der Waals surface area contributed by atoms with Crippen LogP contribution in [-0.4, -0.2) is 19.0 Å². The SMILES string of the molecule is CCNC1CCCN(C(=O)C(C)(C)CC)c2ccccc21. The van der Waals surface area contributed by atoms with Gasteiger partial charge in [-0.3, -0.25) is 4.79 Å². The number of nitrogens with zero attached hydrogens (tertiary/aromatic N) is 1. The maximum Gasteiger partial charge on any atom is 0.232 e. The van der Waals surface area contributed by atoms with Crippen molar-refractivity contribution >= 4 is 11.6 Å². The van der Waals surface area contributed by atoms with Crippen LogP contribution in [0.3, 0.4) is 0 Å². The van der Waals surface area contributed by atoms with E-state index in [1.54, 1.807) is 0 Å². The monoisotopic (exact) mass is 288 g/mol. The fraction of sp³-hybridized carbons (Fsp3) is 0.611. The van der Waals surface area contributed by atoms with Gasteiger partial charge in [0.2, 0.25) is 5.91 Å². The molecule has 21 heavy (non-hydrogen) atoms. The van der Waals surface area contributed by atoms with Crippen molar-refractivity contribution < 1.29 is 4.79 Å². The Hall–Kier alpha value is -1.35. The quantitative estimate of drug-likeness (QED) is 0.911. The summed E-state index contributed by atoms with van der Waals surface area (Å²) in [6, 6.07) is 8.71. The number of hydrogen-bond acceptors (Lipinski definition) is 2. The van der Waals surface area contributed by atoms with Gasteiger partial charge in [0.15, 0.2) is 0 Å². The van der Waals surface area contributed by atoms with Crippen LogP contribution in [0.5, 0.6) is 0 Å². The number of nitrogens with one attached hydrogen (secondary N) is 1. The van der Waals surface area contributed by atoms with Gasteiger partial charge >= 0.3 is 0 Å². The topological polar surface area (TPSA) is 32.3 Å². The first-order valence-electron chi connectivity index (χ1n) is 8.15. The van der Waals surface area contributed by atoms with E-state index in [0.717, 1.165) is 38.0 Å². The van der Waals surface area contributed by atoms with Gasteiger partial charge in [-0.05, 0) is 37.4 Å². The molecule has 0 radical (unpaired) electrons. The standard InChI is InChI=1S/C18H28N2O/c1-5-18(3,4)17(21)20-13-9-11-15(19-6-2)14-10-7-8-12-16(14)20/h7-8,10,12,15,19H,5-6,9,11,13H2,1-4H3. The summed E-state index contributed by atoms with van der Waals surface area (Å²) in [4.78, 5) is 14.9. The minimum atomic E-state index is -0.300. The zero-order valence-electron chi connectivity index (χ0n) is 13.8. The van der Waals surface area contributed by atoms with Gasteiger partial charge in [-0.1, -0.05) is 45.9 Å². The molecular formula is C18H28N2O. The number of rotatable bonds is 4. The molecule has 1 N–H and O–H groups in total. The molecule has 1 amide bonds. The number of para-hydroxylation sites is 1. The van der Waals surface area contributed by atoms with Crippen LogP contribution in [0.15, 0.2) is 24.3 Å². The Bertz CT molecular complexity index is 496. The summed E-state index contributed by atoms with van der Waals surface area (Å²) in [5, 5.41) is 3.55. The minimum absolute atomic E-state index is 0.245. The third-order valence-electron chi connectivity index (χ3n) is 4.64. The smallest absolute Gasteiger partial charge is 0.232 e. The lowest BCUT2D eigenvalue weighted by atomic mass is 9.88. The van der Waals surface area contributed by atoms with Gasteiger partial charge in [0.25, 0.3) is 0 Å². The van der Waals surface area contributed by atoms with Crippen molar-refractivity contribution in [1.82, 2.24) is 5.32 Å². The van der Waals surface area contributed by atoms with Crippen molar-refractivity contribution in [2.75, 3.05) is 18.0 Å². The van der Waals surface area contributed by atoms with E-state index in [9.17, 15) is 4.79 Å². The first-order chi connectivity index (χ1) is 10.0. The van der Waals surface area contributed by atoms with Gasteiger partial charge in [0.05, 0.1) is 0 Å². The van der Waals surface area contributed by atoms with E-state index in [2.05, 4.69) is 37.4 Å². The molecule has 1 heterocycles.